The van der Waals surface area contributed by atoms with E-state index in [0.29, 0.717) is 11.4 Å². The van der Waals surface area contributed by atoms with E-state index in [-0.39, 0.29) is 23.5 Å². The van der Waals surface area contributed by atoms with E-state index in [1.54, 1.807) is 0 Å². The van der Waals surface area contributed by atoms with Gasteiger partial charge in [0.15, 0.2) is 0 Å². The summed E-state index contributed by atoms with van der Waals surface area (Å²) < 4.78 is 4.78. The topological polar surface area (TPSA) is 63.6 Å². The van der Waals surface area contributed by atoms with Gasteiger partial charge in [0.05, 0.1) is 0 Å². The fourth-order valence-electron chi connectivity index (χ4n) is 2.87. The lowest BCUT2D eigenvalue weighted by Crippen LogP contribution is -2.55. The number of benzene rings is 2. The second-order valence-corrected chi connectivity index (χ2v) is 7.20. The maximum atomic E-state index is 13.3. The highest BCUT2D eigenvalue weighted by atomic mass is 32.2. The van der Waals surface area contributed by atoms with E-state index in [1.807, 2.05) is 67.6 Å². The third-order valence-electron chi connectivity index (χ3n) is 4.01. The SMILES string of the molecule is CCSC(O)C[N+](C(=O)COC(C)=O)(c1ccccc1)c1ccccc1. The van der Waals surface area contributed by atoms with E-state index < -0.39 is 11.4 Å². The number of ether oxygens (including phenoxy) is 1. The van der Waals surface area contributed by atoms with Crippen LogP contribution in [0, 0.1) is 0 Å². The zero-order valence-corrected chi connectivity index (χ0v) is 15.8. The molecule has 1 N–H and O–H groups in total. The number of esters is 1. The summed E-state index contributed by atoms with van der Waals surface area (Å²) in [6, 6.07) is 18.5. The Kier molecular flexibility index (Phi) is 7.38. The molecular formula is C20H24NO4S+. The van der Waals surface area contributed by atoms with Gasteiger partial charge in [0.2, 0.25) is 6.61 Å². The summed E-state index contributed by atoms with van der Waals surface area (Å²) in [5.74, 6) is -0.0995. The Balaban J connectivity index is 2.58. The molecule has 0 saturated heterocycles. The molecule has 0 aliphatic heterocycles. The standard InChI is InChI=1S/C20H24NO4S/c1-3-26-20(24)14-21(17-10-6-4-7-11-17,18-12-8-5-9-13-18)19(23)15-25-16(2)22/h4-13,20,24H,3,14-15H2,1-2H3/q+1. The van der Waals surface area contributed by atoms with Gasteiger partial charge >= 0.3 is 11.9 Å². The summed E-state index contributed by atoms with van der Waals surface area (Å²) in [5.41, 5.74) is 0.680. The van der Waals surface area contributed by atoms with Crippen LogP contribution in [-0.4, -0.2) is 41.3 Å². The lowest BCUT2D eigenvalue weighted by Gasteiger charge is -2.36. The lowest BCUT2D eigenvalue weighted by molar-refractivity contribution is -0.148. The van der Waals surface area contributed by atoms with Crippen molar-refractivity contribution in [3.8, 4) is 0 Å². The molecule has 0 spiro atoms. The molecule has 0 aliphatic carbocycles. The predicted octanol–water partition coefficient (Wildman–Crippen LogP) is 3.49. The van der Waals surface area contributed by atoms with E-state index >= 15 is 0 Å². The van der Waals surface area contributed by atoms with Gasteiger partial charge in [-0.05, 0) is 5.75 Å². The van der Waals surface area contributed by atoms with Gasteiger partial charge < -0.3 is 9.84 Å². The molecule has 1 unspecified atom stereocenters. The quantitative estimate of drug-likeness (QED) is 0.435. The van der Waals surface area contributed by atoms with Gasteiger partial charge in [-0.15, -0.1) is 11.8 Å². The summed E-state index contributed by atoms with van der Waals surface area (Å²) in [6.45, 7) is 3.01. The van der Waals surface area contributed by atoms with Gasteiger partial charge in [0.1, 0.15) is 23.4 Å². The molecule has 0 aliphatic rings. The fraction of sp³-hybridized carbons (Fsp3) is 0.300. The number of carbonyl (C=O) groups is 2. The Bertz CT molecular complexity index is 682. The number of amides is 1. The third kappa shape index (κ3) is 4.72. The van der Waals surface area contributed by atoms with Crippen molar-refractivity contribution in [3.05, 3.63) is 60.7 Å². The molecule has 0 fully saturated rings. The summed E-state index contributed by atoms with van der Waals surface area (Å²) >= 11 is 1.37. The van der Waals surface area contributed by atoms with Crippen LogP contribution in [0.3, 0.4) is 0 Å². The lowest BCUT2D eigenvalue weighted by atomic mass is 10.1. The zero-order valence-electron chi connectivity index (χ0n) is 15.0. The van der Waals surface area contributed by atoms with Crippen molar-refractivity contribution in [1.82, 2.24) is 4.48 Å². The molecule has 0 heterocycles. The van der Waals surface area contributed by atoms with Crippen molar-refractivity contribution in [2.75, 3.05) is 18.9 Å². The number of para-hydroxylation sites is 2. The van der Waals surface area contributed by atoms with Gasteiger partial charge in [0.25, 0.3) is 0 Å². The summed E-state index contributed by atoms with van der Waals surface area (Å²) in [6.07, 6.45) is 0. The molecule has 0 saturated carbocycles. The van der Waals surface area contributed by atoms with Crippen LogP contribution >= 0.6 is 11.8 Å². The minimum absolute atomic E-state index is 0.145. The van der Waals surface area contributed by atoms with Gasteiger partial charge in [0, 0.05) is 31.2 Å². The van der Waals surface area contributed by atoms with Crippen LogP contribution in [0.2, 0.25) is 0 Å². The number of hydrogen-bond acceptors (Lipinski definition) is 5. The number of nitrogens with zero attached hydrogens (tertiary/aromatic N) is 1. The fourth-order valence-corrected chi connectivity index (χ4v) is 3.58. The smallest absolute Gasteiger partial charge is 0.361 e. The molecule has 0 bridgehead atoms. The Hall–Kier alpha value is -2.15. The van der Waals surface area contributed by atoms with E-state index in [4.69, 9.17) is 4.74 Å². The number of rotatable bonds is 8. The van der Waals surface area contributed by atoms with Crippen LogP contribution in [0.1, 0.15) is 13.8 Å². The first kappa shape index (κ1) is 20.2. The monoisotopic (exact) mass is 374 g/mol. The number of thioether (sulfide) groups is 1. The third-order valence-corrected chi connectivity index (χ3v) is 4.87. The van der Waals surface area contributed by atoms with Crippen molar-refractivity contribution in [1.29, 1.82) is 0 Å². The molecule has 6 heteroatoms. The largest absolute Gasteiger partial charge is 0.451 e. The van der Waals surface area contributed by atoms with E-state index in [2.05, 4.69) is 0 Å². The number of carbonyl (C=O) groups excluding carboxylic acids is 2. The van der Waals surface area contributed by atoms with Gasteiger partial charge in [-0.3, -0.25) is 4.79 Å². The Morgan fingerprint density at radius 2 is 1.54 bits per heavy atom. The van der Waals surface area contributed by atoms with Crippen LogP contribution in [0.4, 0.5) is 11.4 Å². The van der Waals surface area contributed by atoms with Crippen molar-refractivity contribution in [3.63, 3.8) is 0 Å². The minimum atomic E-state index is -0.748. The number of aliphatic hydroxyl groups excluding tert-OH is 1. The van der Waals surface area contributed by atoms with Crippen LogP contribution in [0.5, 0.6) is 0 Å². The second-order valence-electron chi connectivity index (χ2n) is 5.75. The van der Waals surface area contributed by atoms with Gasteiger partial charge in [-0.2, -0.15) is 4.48 Å². The Morgan fingerprint density at radius 3 is 1.96 bits per heavy atom. The highest BCUT2D eigenvalue weighted by Crippen LogP contribution is 2.36. The molecule has 2 aromatic carbocycles. The predicted molar refractivity (Wildman–Crippen MR) is 105 cm³/mol. The number of aliphatic hydroxyl groups is 1. The maximum absolute atomic E-state index is 13.3. The summed E-state index contributed by atoms with van der Waals surface area (Å²) in [7, 11) is 0. The molecule has 0 aromatic heterocycles. The molecule has 1 atom stereocenters. The van der Waals surface area contributed by atoms with Crippen LogP contribution < -0.4 is 4.48 Å². The van der Waals surface area contributed by atoms with Crippen molar-refractivity contribution in [2.24, 2.45) is 0 Å². The van der Waals surface area contributed by atoms with Crippen LogP contribution in [0.25, 0.3) is 0 Å². The van der Waals surface area contributed by atoms with E-state index in [0.717, 1.165) is 5.75 Å². The number of quaternary nitrogens is 1. The van der Waals surface area contributed by atoms with Gasteiger partial charge in [-0.25, -0.2) is 4.79 Å². The first-order valence-electron chi connectivity index (χ1n) is 8.46. The molecule has 2 rings (SSSR count). The highest BCUT2D eigenvalue weighted by molar-refractivity contribution is 7.99. The van der Waals surface area contributed by atoms with Crippen LogP contribution in [0.15, 0.2) is 60.7 Å². The number of hydrogen-bond donors (Lipinski definition) is 1. The molecule has 26 heavy (non-hydrogen) atoms. The molecule has 5 nitrogen and oxygen atoms in total. The molecule has 0 radical (unpaired) electrons. The minimum Gasteiger partial charge on any atom is -0.451 e. The molecule has 2 aromatic rings. The highest BCUT2D eigenvalue weighted by Gasteiger charge is 2.43. The first-order valence-corrected chi connectivity index (χ1v) is 9.51. The zero-order chi connectivity index (χ0) is 19.0. The van der Waals surface area contributed by atoms with Crippen molar-refractivity contribution < 1.29 is 19.4 Å². The van der Waals surface area contributed by atoms with Crippen molar-refractivity contribution in [2.45, 2.75) is 19.3 Å². The molecule has 138 valence electrons. The average Bonchev–Trinajstić information content (AvgIpc) is 2.65. The molecule has 1 amide bonds. The Labute approximate surface area is 158 Å². The van der Waals surface area contributed by atoms with Crippen molar-refractivity contribution >= 4 is 35.0 Å². The second kappa shape index (κ2) is 9.52. The first-order chi connectivity index (χ1) is 12.5. The average molecular weight is 374 g/mol. The molecular weight excluding hydrogens is 350 g/mol. The summed E-state index contributed by atoms with van der Waals surface area (Å²) in [5, 5.41) is 10.5. The summed E-state index contributed by atoms with van der Waals surface area (Å²) in [4.78, 5) is 24.5. The maximum Gasteiger partial charge on any atom is 0.361 e. The Morgan fingerprint density at radius 1 is 1.04 bits per heavy atom. The normalized spacial score (nSPS) is 12.4. The van der Waals surface area contributed by atoms with E-state index in [9.17, 15) is 14.7 Å². The van der Waals surface area contributed by atoms with E-state index in [1.165, 1.54) is 18.7 Å². The van der Waals surface area contributed by atoms with Gasteiger partial charge in [-0.1, -0.05) is 43.3 Å². The van der Waals surface area contributed by atoms with Crippen LogP contribution in [-0.2, 0) is 14.3 Å².